The Bertz CT molecular complexity index is 423. The van der Waals surface area contributed by atoms with Crippen molar-refractivity contribution in [3.05, 3.63) is 34.9 Å². The van der Waals surface area contributed by atoms with Crippen molar-refractivity contribution < 1.29 is 9.53 Å². The first-order valence-electron chi connectivity index (χ1n) is 6.60. The minimum Gasteiger partial charge on any atom is -0.461 e. The second-order valence-electron chi connectivity index (χ2n) is 5.06. The maximum Gasteiger partial charge on any atom is 0.309 e. The summed E-state index contributed by atoms with van der Waals surface area (Å²) >= 11 is 0. The largest absolute Gasteiger partial charge is 0.461 e. The lowest BCUT2D eigenvalue weighted by molar-refractivity contribution is -0.150. The molecule has 0 saturated carbocycles. The van der Waals surface area contributed by atoms with Gasteiger partial charge in [-0.2, -0.15) is 0 Å². The highest BCUT2D eigenvalue weighted by atomic mass is 16.5. The van der Waals surface area contributed by atoms with Crippen molar-refractivity contribution in [2.45, 2.75) is 33.3 Å². The van der Waals surface area contributed by atoms with Crippen LogP contribution in [0.4, 0.5) is 0 Å². The molecule has 1 aliphatic rings. The number of esters is 1. The maximum absolute atomic E-state index is 11.9. The zero-order valence-corrected chi connectivity index (χ0v) is 11.2. The SMILES string of the molecule is Cc1ccc(COC(=O)C2CCNCC2)c(C)c1. The fourth-order valence-electron chi connectivity index (χ4n) is 2.33. The third kappa shape index (κ3) is 3.33. The highest BCUT2D eigenvalue weighted by Gasteiger charge is 2.22. The first-order valence-corrected chi connectivity index (χ1v) is 6.60. The van der Waals surface area contributed by atoms with E-state index in [9.17, 15) is 4.79 Å². The number of nitrogens with one attached hydrogen (secondary N) is 1. The molecular weight excluding hydrogens is 226 g/mol. The van der Waals surface area contributed by atoms with Gasteiger partial charge in [0, 0.05) is 0 Å². The van der Waals surface area contributed by atoms with Crippen LogP contribution in [0.15, 0.2) is 18.2 Å². The molecule has 1 aliphatic heterocycles. The normalized spacial score (nSPS) is 16.6. The van der Waals surface area contributed by atoms with E-state index >= 15 is 0 Å². The van der Waals surface area contributed by atoms with Gasteiger partial charge >= 0.3 is 5.97 Å². The van der Waals surface area contributed by atoms with Crippen LogP contribution in [0.25, 0.3) is 0 Å². The van der Waals surface area contributed by atoms with Crippen LogP contribution in [0.3, 0.4) is 0 Å². The van der Waals surface area contributed by atoms with Crippen molar-refractivity contribution in [1.82, 2.24) is 5.32 Å². The van der Waals surface area contributed by atoms with Crippen molar-refractivity contribution in [1.29, 1.82) is 0 Å². The molecule has 0 radical (unpaired) electrons. The van der Waals surface area contributed by atoms with Gasteiger partial charge in [-0.1, -0.05) is 23.8 Å². The quantitative estimate of drug-likeness (QED) is 0.833. The van der Waals surface area contributed by atoms with Gasteiger partial charge in [0.2, 0.25) is 0 Å². The molecule has 18 heavy (non-hydrogen) atoms. The van der Waals surface area contributed by atoms with Crippen LogP contribution < -0.4 is 5.32 Å². The van der Waals surface area contributed by atoms with Crippen molar-refractivity contribution in [3.63, 3.8) is 0 Å². The Morgan fingerprint density at radius 2 is 2.06 bits per heavy atom. The summed E-state index contributed by atoms with van der Waals surface area (Å²) in [6.07, 6.45) is 1.79. The molecule has 2 rings (SSSR count). The number of aryl methyl sites for hydroxylation is 2. The standard InChI is InChI=1S/C15H21NO2/c1-11-3-4-14(12(2)9-11)10-18-15(17)13-5-7-16-8-6-13/h3-4,9,13,16H,5-8,10H2,1-2H3. The second kappa shape index (κ2) is 6.01. The Hall–Kier alpha value is -1.35. The van der Waals surface area contributed by atoms with Crippen LogP contribution in [-0.4, -0.2) is 19.1 Å². The second-order valence-corrected chi connectivity index (χ2v) is 5.06. The Balaban J connectivity index is 1.88. The monoisotopic (exact) mass is 247 g/mol. The number of hydrogen-bond acceptors (Lipinski definition) is 3. The van der Waals surface area contributed by atoms with E-state index in [2.05, 4.69) is 31.3 Å². The lowest BCUT2D eigenvalue weighted by Crippen LogP contribution is -2.32. The summed E-state index contributed by atoms with van der Waals surface area (Å²) in [7, 11) is 0. The average Bonchev–Trinajstić information content (AvgIpc) is 2.38. The van der Waals surface area contributed by atoms with Crippen LogP contribution in [0.2, 0.25) is 0 Å². The molecule has 3 heteroatoms. The summed E-state index contributed by atoms with van der Waals surface area (Å²) in [4.78, 5) is 11.9. The van der Waals surface area contributed by atoms with Crippen LogP contribution in [0.1, 0.15) is 29.5 Å². The Kier molecular flexibility index (Phi) is 4.37. The Labute approximate surface area is 109 Å². The molecule has 0 atom stereocenters. The first kappa shape index (κ1) is 13.1. The molecule has 1 saturated heterocycles. The number of ether oxygens (including phenoxy) is 1. The lowest BCUT2D eigenvalue weighted by atomic mass is 9.98. The smallest absolute Gasteiger partial charge is 0.309 e. The minimum absolute atomic E-state index is 0.0449. The summed E-state index contributed by atoms with van der Waals surface area (Å²) in [6.45, 7) is 6.36. The molecule has 1 aromatic rings. The maximum atomic E-state index is 11.9. The van der Waals surface area contributed by atoms with Crippen molar-refractivity contribution in [3.8, 4) is 0 Å². The van der Waals surface area contributed by atoms with Gasteiger partial charge in [0.25, 0.3) is 0 Å². The van der Waals surface area contributed by atoms with Crippen LogP contribution >= 0.6 is 0 Å². The van der Waals surface area contributed by atoms with E-state index < -0.39 is 0 Å². The van der Waals surface area contributed by atoms with E-state index in [0.717, 1.165) is 31.5 Å². The van der Waals surface area contributed by atoms with E-state index in [1.54, 1.807) is 0 Å². The predicted molar refractivity (Wildman–Crippen MR) is 71.3 cm³/mol. The number of carbonyl (C=O) groups is 1. The first-order chi connectivity index (χ1) is 8.66. The molecule has 0 bridgehead atoms. The molecule has 0 unspecified atom stereocenters. The van der Waals surface area contributed by atoms with Crippen molar-refractivity contribution in [2.24, 2.45) is 5.92 Å². The molecule has 3 nitrogen and oxygen atoms in total. The molecule has 0 spiro atoms. The topological polar surface area (TPSA) is 38.3 Å². The van der Waals surface area contributed by atoms with Crippen LogP contribution in [0, 0.1) is 19.8 Å². The lowest BCUT2D eigenvalue weighted by Gasteiger charge is -2.21. The third-order valence-electron chi connectivity index (χ3n) is 3.54. The summed E-state index contributed by atoms with van der Waals surface area (Å²) < 4.78 is 5.42. The van der Waals surface area contributed by atoms with Gasteiger partial charge in [-0.25, -0.2) is 0 Å². The van der Waals surface area contributed by atoms with Gasteiger partial charge < -0.3 is 10.1 Å². The van der Waals surface area contributed by atoms with Crippen molar-refractivity contribution >= 4 is 5.97 Å². The van der Waals surface area contributed by atoms with Gasteiger partial charge in [-0.3, -0.25) is 4.79 Å². The predicted octanol–water partition coefficient (Wildman–Crippen LogP) is 2.35. The highest BCUT2D eigenvalue weighted by molar-refractivity contribution is 5.72. The summed E-state index contributed by atoms with van der Waals surface area (Å²) in [6, 6.07) is 6.22. The molecule has 0 amide bonds. The van der Waals surface area contributed by atoms with E-state index in [1.165, 1.54) is 11.1 Å². The average molecular weight is 247 g/mol. The molecule has 1 N–H and O–H groups in total. The van der Waals surface area contributed by atoms with E-state index in [0.29, 0.717) is 6.61 Å². The summed E-state index contributed by atoms with van der Waals surface area (Å²) in [5, 5.41) is 3.25. The van der Waals surface area contributed by atoms with Gasteiger partial charge in [-0.05, 0) is 50.9 Å². The molecule has 1 heterocycles. The minimum atomic E-state index is -0.0449. The zero-order chi connectivity index (χ0) is 13.0. The number of piperidine rings is 1. The number of carbonyl (C=O) groups excluding carboxylic acids is 1. The summed E-state index contributed by atoms with van der Waals surface area (Å²) in [5.41, 5.74) is 3.52. The highest BCUT2D eigenvalue weighted by Crippen LogP contribution is 2.16. The molecule has 1 fully saturated rings. The molecular formula is C15H21NO2. The number of hydrogen-bond donors (Lipinski definition) is 1. The van der Waals surface area contributed by atoms with Crippen molar-refractivity contribution in [2.75, 3.05) is 13.1 Å². The third-order valence-corrected chi connectivity index (χ3v) is 3.54. The van der Waals surface area contributed by atoms with Gasteiger partial charge in [-0.15, -0.1) is 0 Å². The zero-order valence-electron chi connectivity index (χ0n) is 11.2. The fourth-order valence-corrected chi connectivity index (χ4v) is 2.33. The van der Waals surface area contributed by atoms with E-state index in [4.69, 9.17) is 4.74 Å². The van der Waals surface area contributed by atoms with Gasteiger partial charge in [0.05, 0.1) is 5.92 Å². The van der Waals surface area contributed by atoms with Crippen LogP contribution in [0.5, 0.6) is 0 Å². The molecule has 1 aromatic carbocycles. The summed E-state index contributed by atoms with van der Waals surface area (Å²) in [5.74, 6) is 0.0356. The fraction of sp³-hybridized carbons (Fsp3) is 0.533. The Morgan fingerprint density at radius 1 is 1.33 bits per heavy atom. The number of rotatable bonds is 3. The van der Waals surface area contributed by atoms with Gasteiger partial charge in [0.15, 0.2) is 0 Å². The van der Waals surface area contributed by atoms with Crippen LogP contribution in [-0.2, 0) is 16.1 Å². The Morgan fingerprint density at radius 3 is 2.72 bits per heavy atom. The number of benzene rings is 1. The van der Waals surface area contributed by atoms with E-state index in [-0.39, 0.29) is 11.9 Å². The molecule has 98 valence electrons. The van der Waals surface area contributed by atoms with E-state index in [1.807, 2.05) is 6.07 Å². The molecule has 0 aromatic heterocycles. The molecule has 0 aliphatic carbocycles. The van der Waals surface area contributed by atoms with Gasteiger partial charge in [0.1, 0.15) is 6.61 Å².